The SMILES string of the molecule is C/C=C/CCNCC(=O)NC(N)=O. The summed E-state index contributed by atoms with van der Waals surface area (Å²) in [5.74, 6) is -0.409. The van der Waals surface area contributed by atoms with E-state index in [4.69, 9.17) is 5.73 Å². The molecule has 13 heavy (non-hydrogen) atoms. The summed E-state index contributed by atoms with van der Waals surface area (Å²) >= 11 is 0. The monoisotopic (exact) mass is 185 g/mol. The van der Waals surface area contributed by atoms with E-state index in [1.54, 1.807) is 0 Å². The Bertz CT molecular complexity index is 202. The summed E-state index contributed by atoms with van der Waals surface area (Å²) in [6.07, 6.45) is 4.78. The second-order valence-corrected chi connectivity index (χ2v) is 2.45. The van der Waals surface area contributed by atoms with Gasteiger partial charge in [0, 0.05) is 0 Å². The number of rotatable bonds is 5. The van der Waals surface area contributed by atoms with Crippen molar-refractivity contribution in [2.75, 3.05) is 13.1 Å². The van der Waals surface area contributed by atoms with Gasteiger partial charge < -0.3 is 11.1 Å². The van der Waals surface area contributed by atoms with E-state index in [9.17, 15) is 9.59 Å². The second kappa shape index (κ2) is 7.30. The van der Waals surface area contributed by atoms with Crippen molar-refractivity contribution in [3.8, 4) is 0 Å². The molecule has 3 amide bonds. The molecule has 0 fully saturated rings. The van der Waals surface area contributed by atoms with Crippen LogP contribution in [0, 0.1) is 0 Å². The number of hydrogen-bond donors (Lipinski definition) is 3. The highest BCUT2D eigenvalue weighted by atomic mass is 16.2. The van der Waals surface area contributed by atoms with Crippen LogP contribution in [0.3, 0.4) is 0 Å². The molecule has 0 atom stereocenters. The van der Waals surface area contributed by atoms with Crippen LogP contribution < -0.4 is 16.4 Å². The number of carbonyl (C=O) groups is 2. The van der Waals surface area contributed by atoms with Crippen LogP contribution in [-0.2, 0) is 4.79 Å². The quantitative estimate of drug-likeness (QED) is 0.407. The first-order chi connectivity index (χ1) is 6.16. The predicted octanol–water partition coefficient (Wildman–Crippen LogP) is -0.263. The minimum absolute atomic E-state index is 0.112. The Labute approximate surface area is 77.4 Å². The minimum Gasteiger partial charge on any atom is -0.351 e. The van der Waals surface area contributed by atoms with Gasteiger partial charge in [0.15, 0.2) is 0 Å². The van der Waals surface area contributed by atoms with Crippen LogP contribution >= 0.6 is 0 Å². The Balaban J connectivity index is 3.32. The topological polar surface area (TPSA) is 84.2 Å². The van der Waals surface area contributed by atoms with E-state index in [2.05, 4.69) is 5.32 Å². The zero-order chi connectivity index (χ0) is 10.1. The number of imide groups is 1. The van der Waals surface area contributed by atoms with Gasteiger partial charge in [-0.1, -0.05) is 12.2 Å². The van der Waals surface area contributed by atoms with Gasteiger partial charge in [0.2, 0.25) is 5.91 Å². The Kier molecular flexibility index (Phi) is 6.53. The van der Waals surface area contributed by atoms with Crippen molar-refractivity contribution in [3.05, 3.63) is 12.2 Å². The predicted molar refractivity (Wildman–Crippen MR) is 50.0 cm³/mol. The maximum atomic E-state index is 10.8. The smallest absolute Gasteiger partial charge is 0.318 e. The van der Waals surface area contributed by atoms with Crippen LogP contribution in [0.1, 0.15) is 13.3 Å². The van der Waals surface area contributed by atoms with Crippen molar-refractivity contribution in [3.63, 3.8) is 0 Å². The van der Waals surface area contributed by atoms with E-state index in [0.29, 0.717) is 6.54 Å². The van der Waals surface area contributed by atoms with E-state index >= 15 is 0 Å². The van der Waals surface area contributed by atoms with Crippen molar-refractivity contribution >= 4 is 11.9 Å². The number of amides is 3. The van der Waals surface area contributed by atoms with Crippen LogP contribution in [0.5, 0.6) is 0 Å². The average Bonchev–Trinajstić information content (AvgIpc) is 2.02. The molecule has 0 spiro atoms. The molecule has 0 aromatic carbocycles. The number of primary amides is 1. The van der Waals surface area contributed by atoms with Crippen molar-refractivity contribution < 1.29 is 9.59 Å². The highest BCUT2D eigenvalue weighted by Gasteiger charge is 2.01. The summed E-state index contributed by atoms with van der Waals surface area (Å²) in [5.41, 5.74) is 4.74. The summed E-state index contributed by atoms with van der Waals surface area (Å²) in [6.45, 7) is 2.75. The Morgan fingerprint density at radius 1 is 1.46 bits per heavy atom. The Morgan fingerprint density at radius 3 is 2.69 bits per heavy atom. The lowest BCUT2D eigenvalue weighted by Crippen LogP contribution is -2.40. The molecule has 0 rings (SSSR count). The third kappa shape index (κ3) is 8.55. The zero-order valence-corrected chi connectivity index (χ0v) is 7.67. The maximum Gasteiger partial charge on any atom is 0.318 e. The van der Waals surface area contributed by atoms with E-state index < -0.39 is 11.9 Å². The normalized spacial score (nSPS) is 10.2. The van der Waals surface area contributed by atoms with E-state index in [-0.39, 0.29) is 6.54 Å². The average molecular weight is 185 g/mol. The molecule has 0 unspecified atom stereocenters. The van der Waals surface area contributed by atoms with Gasteiger partial charge in [0.05, 0.1) is 6.54 Å². The summed E-state index contributed by atoms with van der Waals surface area (Å²) in [7, 11) is 0. The van der Waals surface area contributed by atoms with Gasteiger partial charge in [-0.05, 0) is 19.9 Å². The molecule has 74 valence electrons. The largest absolute Gasteiger partial charge is 0.351 e. The fourth-order valence-electron chi connectivity index (χ4n) is 0.736. The number of allylic oxidation sites excluding steroid dienone is 1. The highest BCUT2D eigenvalue weighted by molar-refractivity contribution is 5.94. The standard InChI is InChI=1S/C8H15N3O2/c1-2-3-4-5-10-6-7(12)11-8(9)13/h2-3,10H,4-6H2,1H3,(H3,9,11,12,13)/b3-2+. The molecule has 4 N–H and O–H groups in total. The summed E-state index contributed by atoms with van der Waals surface area (Å²) in [5, 5.41) is 4.81. The number of nitrogens with two attached hydrogens (primary N) is 1. The van der Waals surface area contributed by atoms with Crippen LogP contribution in [0.2, 0.25) is 0 Å². The van der Waals surface area contributed by atoms with Crippen LogP contribution in [-0.4, -0.2) is 25.0 Å². The third-order valence-electron chi connectivity index (χ3n) is 1.27. The number of carbonyl (C=O) groups excluding carboxylic acids is 2. The Hall–Kier alpha value is -1.36. The van der Waals surface area contributed by atoms with Crippen LogP contribution in [0.25, 0.3) is 0 Å². The maximum absolute atomic E-state index is 10.8. The van der Waals surface area contributed by atoms with Gasteiger partial charge >= 0.3 is 6.03 Å². The molecule has 0 aliphatic carbocycles. The molecule has 0 bridgehead atoms. The molecule has 0 aliphatic rings. The van der Waals surface area contributed by atoms with Crippen molar-refractivity contribution in [2.24, 2.45) is 5.73 Å². The molecular weight excluding hydrogens is 170 g/mol. The first kappa shape index (κ1) is 11.6. The van der Waals surface area contributed by atoms with E-state index in [1.807, 2.05) is 24.4 Å². The molecule has 0 aromatic rings. The van der Waals surface area contributed by atoms with E-state index in [1.165, 1.54) is 0 Å². The van der Waals surface area contributed by atoms with Crippen LogP contribution in [0.4, 0.5) is 4.79 Å². The zero-order valence-electron chi connectivity index (χ0n) is 7.67. The number of hydrogen-bond acceptors (Lipinski definition) is 3. The van der Waals surface area contributed by atoms with Gasteiger partial charge in [-0.2, -0.15) is 0 Å². The van der Waals surface area contributed by atoms with Gasteiger partial charge in [0.25, 0.3) is 0 Å². The molecule has 5 nitrogen and oxygen atoms in total. The molecular formula is C8H15N3O2. The Morgan fingerprint density at radius 2 is 2.15 bits per heavy atom. The van der Waals surface area contributed by atoms with Crippen molar-refractivity contribution in [1.82, 2.24) is 10.6 Å². The first-order valence-electron chi connectivity index (χ1n) is 4.08. The number of nitrogens with one attached hydrogen (secondary N) is 2. The van der Waals surface area contributed by atoms with Crippen molar-refractivity contribution in [1.29, 1.82) is 0 Å². The summed E-state index contributed by atoms with van der Waals surface area (Å²) in [4.78, 5) is 21.0. The summed E-state index contributed by atoms with van der Waals surface area (Å²) in [6, 6.07) is -0.819. The summed E-state index contributed by atoms with van der Waals surface area (Å²) < 4.78 is 0. The molecule has 5 heteroatoms. The van der Waals surface area contributed by atoms with Gasteiger partial charge in [-0.3, -0.25) is 10.1 Å². The third-order valence-corrected chi connectivity index (χ3v) is 1.27. The van der Waals surface area contributed by atoms with Gasteiger partial charge in [-0.15, -0.1) is 0 Å². The van der Waals surface area contributed by atoms with Crippen molar-refractivity contribution in [2.45, 2.75) is 13.3 Å². The molecule has 0 saturated heterocycles. The lowest BCUT2D eigenvalue weighted by molar-refractivity contribution is -0.119. The molecule has 0 aliphatic heterocycles. The number of urea groups is 1. The van der Waals surface area contributed by atoms with E-state index in [0.717, 1.165) is 6.42 Å². The minimum atomic E-state index is -0.819. The fraction of sp³-hybridized carbons (Fsp3) is 0.500. The van der Waals surface area contributed by atoms with Crippen LogP contribution in [0.15, 0.2) is 12.2 Å². The fourth-order valence-corrected chi connectivity index (χ4v) is 0.736. The lowest BCUT2D eigenvalue weighted by Gasteiger charge is -2.01. The molecule has 0 heterocycles. The van der Waals surface area contributed by atoms with Gasteiger partial charge in [-0.25, -0.2) is 4.79 Å². The molecule has 0 saturated carbocycles. The highest BCUT2D eigenvalue weighted by Crippen LogP contribution is 1.78. The molecule has 0 aromatic heterocycles. The second-order valence-electron chi connectivity index (χ2n) is 2.45. The first-order valence-corrected chi connectivity index (χ1v) is 4.08. The lowest BCUT2D eigenvalue weighted by atomic mass is 10.4. The molecule has 0 radical (unpaired) electrons. The van der Waals surface area contributed by atoms with Gasteiger partial charge in [0.1, 0.15) is 0 Å².